The van der Waals surface area contributed by atoms with Gasteiger partial charge in [-0.2, -0.15) is 0 Å². The van der Waals surface area contributed by atoms with Gasteiger partial charge in [-0.3, -0.25) is 9.59 Å². The fraction of sp³-hybridized carbons (Fsp3) is 0.833. The number of hydrogen-bond acceptors (Lipinski definition) is 4. The van der Waals surface area contributed by atoms with Gasteiger partial charge >= 0.3 is 5.97 Å². The number of carboxylic acids is 1. The molecule has 0 saturated carbocycles. The van der Waals surface area contributed by atoms with Gasteiger partial charge in [-0.05, 0) is 19.3 Å². The van der Waals surface area contributed by atoms with Crippen molar-refractivity contribution in [1.82, 2.24) is 5.32 Å². The molecule has 0 radical (unpaired) electrons. The van der Waals surface area contributed by atoms with E-state index in [1.807, 2.05) is 0 Å². The summed E-state index contributed by atoms with van der Waals surface area (Å²) in [4.78, 5) is 21.6. The van der Waals surface area contributed by atoms with Crippen molar-refractivity contribution >= 4 is 11.9 Å². The van der Waals surface area contributed by atoms with E-state index in [-0.39, 0.29) is 18.4 Å². The number of nitrogens with one attached hydrogen (secondary N) is 1. The largest absolute Gasteiger partial charge is 0.481 e. The molecule has 1 saturated heterocycles. The van der Waals surface area contributed by atoms with Crippen molar-refractivity contribution in [2.24, 2.45) is 0 Å². The minimum Gasteiger partial charge on any atom is -0.481 e. The minimum atomic E-state index is -0.841. The molecule has 0 spiro atoms. The molecule has 0 aromatic carbocycles. The third-order valence-corrected chi connectivity index (χ3v) is 2.74. The molecule has 0 aromatic heterocycles. The van der Waals surface area contributed by atoms with E-state index >= 15 is 0 Å². The Labute approximate surface area is 107 Å². The standard InChI is InChI=1S/C12H21NO5/c14-11(13-6-1-2-12(15)16)5-9-18-10-3-7-17-8-4-10/h10H,1-9H2,(H,13,14)(H,15,16). The zero-order valence-corrected chi connectivity index (χ0v) is 10.5. The smallest absolute Gasteiger partial charge is 0.303 e. The SMILES string of the molecule is O=C(O)CCCNC(=O)CCOC1CCOCC1. The molecule has 2 N–H and O–H groups in total. The maximum atomic E-state index is 11.4. The fourth-order valence-electron chi connectivity index (χ4n) is 1.72. The van der Waals surface area contributed by atoms with Crippen molar-refractivity contribution < 1.29 is 24.2 Å². The molecule has 0 aliphatic carbocycles. The third kappa shape index (κ3) is 7.24. The van der Waals surface area contributed by atoms with E-state index in [9.17, 15) is 9.59 Å². The summed E-state index contributed by atoms with van der Waals surface area (Å²) in [6.45, 7) is 2.27. The predicted octanol–water partition coefficient (Wildman–Crippen LogP) is 0.553. The minimum absolute atomic E-state index is 0.0822. The molecule has 1 rings (SSSR count). The molecule has 6 nitrogen and oxygen atoms in total. The average Bonchev–Trinajstić information content (AvgIpc) is 2.36. The van der Waals surface area contributed by atoms with Crippen LogP contribution in [0.1, 0.15) is 32.1 Å². The van der Waals surface area contributed by atoms with Crippen molar-refractivity contribution in [1.29, 1.82) is 0 Å². The molecule has 1 amide bonds. The lowest BCUT2D eigenvalue weighted by molar-refractivity contribution is -0.137. The molecule has 0 unspecified atom stereocenters. The molecular formula is C12H21NO5. The van der Waals surface area contributed by atoms with Crippen LogP contribution in [0.4, 0.5) is 0 Å². The Morgan fingerprint density at radius 3 is 2.67 bits per heavy atom. The van der Waals surface area contributed by atoms with E-state index in [2.05, 4.69) is 5.32 Å². The highest BCUT2D eigenvalue weighted by Gasteiger charge is 2.14. The Bertz CT molecular complexity index is 263. The summed E-state index contributed by atoms with van der Waals surface area (Å²) < 4.78 is 10.8. The lowest BCUT2D eigenvalue weighted by Crippen LogP contribution is -2.28. The summed E-state index contributed by atoms with van der Waals surface area (Å²) in [6.07, 6.45) is 2.85. The van der Waals surface area contributed by atoms with Gasteiger partial charge in [-0.25, -0.2) is 0 Å². The molecule has 18 heavy (non-hydrogen) atoms. The van der Waals surface area contributed by atoms with Gasteiger partial charge in [-0.1, -0.05) is 0 Å². The number of amides is 1. The van der Waals surface area contributed by atoms with Gasteiger partial charge in [0.1, 0.15) is 0 Å². The van der Waals surface area contributed by atoms with Gasteiger partial charge in [0.25, 0.3) is 0 Å². The van der Waals surface area contributed by atoms with Gasteiger partial charge < -0.3 is 19.9 Å². The Kier molecular flexibility index (Phi) is 7.36. The molecule has 104 valence electrons. The first-order chi connectivity index (χ1) is 8.68. The van der Waals surface area contributed by atoms with Crippen LogP contribution in [-0.2, 0) is 19.1 Å². The van der Waals surface area contributed by atoms with Gasteiger partial charge in [0.05, 0.1) is 12.7 Å². The average molecular weight is 259 g/mol. The van der Waals surface area contributed by atoms with E-state index in [0.717, 1.165) is 26.1 Å². The second kappa shape index (κ2) is 8.88. The fourth-order valence-corrected chi connectivity index (χ4v) is 1.72. The van der Waals surface area contributed by atoms with Crippen molar-refractivity contribution in [3.05, 3.63) is 0 Å². The molecule has 6 heteroatoms. The van der Waals surface area contributed by atoms with Crippen molar-refractivity contribution in [2.75, 3.05) is 26.4 Å². The van der Waals surface area contributed by atoms with Crippen molar-refractivity contribution in [2.45, 2.75) is 38.2 Å². The first-order valence-electron chi connectivity index (χ1n) is 6.36. The van der Waals surface area contributed by atoms with E-state index in [1.165, 1.54) is 0 Å². The van der Waals surface area contributed by atoms with Gasteiger partial charge in [0, 0.05) is 32.6 Å². The molecule has 1 heterocycles. The lowest BCUT2D eigenvalue weighted by atomic mass is 10.1. The second-order valence-electron chi connectivity index (χ2n) is 4.28. The second-order valence-corrected chi connectivity index (χ2v) is 4.28. The lowest BCUT2D eigenvalue weighted by Gasteiger charge is -2.22. The predicted molar refractivity (Wildman–Crippen MR) is 64.3 cm³/mol. The summed E-state index contributed by atoms with van der Waals surface area (Å²) in [7, 11) is 0. The first-order valence-corrected chi connectivity index (χ1v) is 6.36. The number of rotatable bonds is 8. The van der Waals surface area contributed by atoms with Gasteiger partial charge in [-0.15, -0.1) is 0 Å². The number of ether oxygens (including phenoxy) is 2. The number of carbonyl (C=O) groups excluding carboxylic acids is 1. The van der Waals surface area contributed by atoms with E-state index < -0.39 is 5.97 Å². The highest BCUT2D eigenvalue weighted by atomic mass is 16.5. The zero-order valence-electron chi connectivity index (χ0n) is 10.5. The van der Waals surface area contributed by atoms with Crippen LogP contribution >= 0.6 is 0 Å². The van der Waals surface area contributed by atoms with Gasteiger partial charge in [0.2, 0.25) is 5.91 Å². The van der Waals surface area contributed by atoms with E-state index in [1.54, 1.807) is 0 Å². The maximum absolute atomic E-state index is 11.4. The number of carboxylic acid groups (broad SMARTS) is 1. The summed E-state index contributed by atoms with van der Waals surface area (Å²) >= 11 is 0. The summed E-state index contributed by atoms with van der Waals surface area (Å²) in [5.74, 6) is -0.931. The van der Waals surface area contributed by atoms with Crippen LogP contribution in [0.15, 0.2) is 0 Å². The number of carbonyl (C=O) groups is 2. The molecule has 0 bridgehead atoms. The zero-order chi connectivity index (χ0) is 13.2. The first kappa shape index (κ1) is 14.9. The van der Waals surface area contributed by atoms with Crippen LogP contribution in [0.5, 0.6) is 0 Å². The summed E-state index contributed by atoms with van der Waals surface area (Å²) in [5.41, 5.74) is 0. The van der Waals surface area contributed by atoms with Crippen LogP contribution in [-0.4, -0.2) is 49.5 Å². The van der Waals surface area contributed by atoms with Crippen LogP contribution in [0.3, 0.4) is 0 Å². The monoisotopic (exact) mass is 259 g/mol. The van der Waals surface area contributed by atoms with Crippen molar-refractivity contribution in [3.8, 4) is 0 Å². The molecule has 1 fully saturated rings. The summed E-state index contributed by atoms with van der Waals surface area (Å²) in [6, 6.07) is 0. The molecule has 1 aliphatic heterocycles. The molecule has 0 atom stereocenters. The Hall–Kier alpha value is -1.14. The van der Waals surface area contributed by atoms with Crippen molar-refractivity contribution in [3.63, 3.8) is 0 Å². The normalized spacial score (nSPS) is 16.4. The van der Waals surface area contributed by atoms with Crippen LogP contribution in [0.2, 0.25) is 0 Å². The van der Waals surface area contributed by atoms with Crippen LogP contribution in [0, 0.1) is 0 Å². The third-order valence-electron chi connectivity index (χ3n) is 2.74. The molecule has 1 aliphatic rings. The topological polar surface area (TPSA) is 84.9 Å². The highest BCUT2D eigenvalue weighted by Crippen LogP contribution is 2.10. The maximum Gasteiger partial charge on any atom is 0.303 e. The highest BCUT2D eigenvalue weighted by molar-refractivity contribution is 5.76. The molecular weight excluding hydrogens is 238 g/mol. The van der Waals surface area contributed by atoms with E-state index in [4.69, 9.17) is 14.6 Å². The Morgan fingerprint density at radius 1 is 1.28 bits per heavy atom. The van der Waals surface area contributed by atoms with Crippen LogP contribution in [0.25, 0.3) is 0 Å². The van der Waals surface area contributed by atoms with E-state index in [0.29, 0.717) is 26.0 Å². The quantitative estimate of drug-likeness (QED) is 0.622. The van der Waals surface area contributed by atoms with Crippen LogP contribution < -0.4 is 5.32 Å². The Balaban J connectivity index is 1.94. The number of aliphatic carboxylic acids is 1. The Morgan fingerprint density at radius 2 is 2.00 bits per heavy atom. The van der Waals surface area contributed by atoms with Gasteiger partial charge in [0.15, 0.2) is 0 Å². The molecule has 0 aromatic rings. The number of hydrogen-bond donors (Lipinski definition) is 2. The summed E-state index contributed by atoms with van der Waals surface area (Å²) in [5, 5.41) is 11.1.